The molecule has 1 aromatic rings. The van der Waals surface area contributed by atoms with Crippen LogP contribution in [-0.2, 0) is 14.4 Å². The summed E-state index contributed by atoms with van der Waals surface area (Å²) in [4.78, 5) is 37.1. The van der Waals surface area contributed by atoms with Gasteiger partial charge in [-0.3, -0.25) is 14.4 Å². The number of nitrogens with zero attached hydrogens (tertiary/aromatic N) is 1. The highest BCUT2D eigenvalue weighted by atomic mass is 16.2. The van der Waals surface area contributed by atoms with Crippen molar-refractivity contribution in [2.24, 2.45) is 11.7 Å². The van der Waals surface area contributed by atoms with E-state index in [1.807, 2.05) is 30.3 Å². The number of benzene rings is 1. The van der Waals surface area contributed by atoms with Crippen molar-refractivity contribution in [3.05, 3.63) is 42.0 Å². The van der Waals surface area contributed by atoms with Crippen molar-refractivity contribution in [2.75, 3.05) is 13.1 Å². The molecule has 1 aliphatic heterocycles. The average Bonchev–Trinajstić information content (AvgIpc) is 2.60. The van der Waals surface area contributed by atoms with Gasteiger partial charge in [0.1, 0.15) is 6.04 Å². The molecule has 6 nitrogen and oxygen atoms in total. The van der Waals surface area contributed by atoms with E-state index in [0.717, 1.165) is 5.56 Å². The largest absolute Gasteiger partial charge is 0.369 e. The van der Waals surface area contributed by atoms with Crippen LogP contribution in [0.4, 0.5) is 0 Å². The monoisotopic (exact) mass is 329 g/mol. The lowest BCUT2D eigenvalue weighted by Gasteiger charge is -2.32. The van der Waals surface area contributed by atoms with E-state index in [4.69, 9.17) is 5.73 Å². The third kappa shape index (κ3) is 4.94. The number of rotatable bonds is 5. The number of hydrogen-bond acceptors (Lipinski definition) is 3. The molecule has 1 saturated heterocycles. The normalized spacial score (nSPS) is 16.8. The van der Waals surface area contributed by atoms with Crippen molar-refractivity contribution >= 4 is 23.8 Å². The summed E-state index contributed by atoms with van der Waals surface area (Å²) in [5.41, 5.74) is 6.21. The fraction of sp³-hybridized carbons (Fsp3) is 0.389. The lowest BCUT2D eigenvalue weighted by molar-refractivity contribution is -0.137. The molecule has 1 atom stereocenters. The Morgan fingerprint density at radius 3 is 2.42 bits per heavy atom. The Hall–Kier alpha value is -2.63. The van der Waals surface area contributed by atoms with Crippen molar-refractivity contribution in [3.63, 3.8) is 0 Å². The standard InChI is InChI=1S/C18H23N3O3/c1-13(18(24)21-11-9-15(10-12-21)17(19)23)20-16(22)8-7-14-5-3-2-4-6-14/h2-8,13,15H,9-12H2,1H3,(H2,19,23)(H,20,22)/b8-7+. The van der Waals surface area contributed by atoms with E-state index in [1.54, 1.807) is 17.9 Å². The summed E-state index contributed by atoms with van der Waals surface area (Å²) in [6, 6.07) is 8.85. The zero-order valence-electron chi connectivity index (χ0n) is 13.8. The molecular weight excluding hydrogens is 306 g/mol. The first-order chi connectivity index (χ1) is 11.5. The lowest BCUT2D eigenvalue weighted by atomic mass is 9.96. The smallest absolute Gasteiger partial charge is 0.244 e. The van der Waals surface area contributed by atoms with Gasteiger partial charge >= 0.3 is 0 Å². The predicted molar refractivity (Wildman–Crippen MR) is 91.6 cm³/mol. The molecule has 128 valence electrons. The molecule has 1 unspecified atom stereocenters. The highest BCUT2D eigenvalue weighted by molar-refractivity contribution is 5.95. The topological polar surface area (TPSA) is 92.5 Å². The maximum atomic E-state index is 12.4. The van der Waals surface area contributed by atoms with Crippen LogP contribution in [0.3, 0.4) is 0 Å². The number of carbonyl (C=O) groups is 3. The Morgan fingerprint density at radius 2 is 1.83 bits per heavy atom. The van der Waals surface area contributed by atoms with Gasteiger partial charge in [-0.15, -0.1) is 0 Å². The highest BCUT2D eigenvalue weighted by Gasteiger charge is 2.28. The SMILES string of the molecule is CC(NC(=O)/C=C/c1ccccc1)C(=O)N1CCC(C(N)=O)CC1. The second kappa shape index (κ2) is 8.29. The molecule has 1 aromatic carbocycles. The number of amides is 3. The molecule has 0 aliphatic carbocycles. The molecule has 2 rings (SSSR count). The predicted octanol–water partition coefficient (Wildman–Crippen LogP) is 0.928. The number of primary amides is 1. The molecule has 1 aliphatic rings. The summed E-state index contributed by atoms with van der Waals surface area (Å²) in [6.07, 6.45) is 4.27. The van der Waals surface area contributed by atoms with Crippen LogP contribution in [0.1, 0.15) is 25.3 Å². The first-order valence-electron chi connectivity index (χ1n) is 8.09. The average molecular weight is 329 g/mol. The van der Waals surface area contributed by atoms with Crippen LogP contribution in [0.15, 0.2) is 36.4 Å². The van der Waals surface area contributed by atoms with Gasteiger partial charge in [0.2, 0.25) is 17.7 Å². The Balaban J connectivity index is 1.82. The molecular formula is C18H23N3O3. The Labute approximate surface area is 141 Å². The summed E-state index contributed by atoms with van der Waals surface area (Å²) in [6.45, 7) is 2.65. The van der Waals surface area contributed by atoms with Crippen molar-refractivity contribution in [3.8, 4) is 0 Å². The molecule has 0 saturated carbocycles. The Kier molecular flexibility index (Phi) is 6.12. The molecule has 24 heavy (non-hydrogen) atoms. The van der Waals surface area contributed by atoms with E-state index in [-0.39, 0.29) is 23.6 Å². The maximum absolute atomic E-state index is 12.4. The van der Waals surface area contributed by atoms with Gasteiger partial charge in [-0.2, -0.15) is 0 Å². The third-order valence-corrected chi connectivity index (χ3v) is 4.16. The molecule has 0 aromatic heterocycles. The summed E-state index contributed by atoms with van der Waals surface area (Å²) in [5.74, 6) is -0.923. The highest BCUT2D eigenvalue weighted by Crippen LogP contribution is 2.17. The number of nitrogens with one attached hydrogen (secondary N) is 1. The van der Waals surface area contributed by atoms with E-state index in [1.165, 1.54) is 6.08 Å². The molecule has 0 spiro atoms. The zero-order chi connectivity index (χ0) is 17.5. The fourth-order valence-corrected chi connectivity index (χ4v) is 2.72. The van der Waals surface area contributed by atoms with Gasteiger partial charge < -0.3 is 16.0 Å². The van der Waals surface area contributed by atoms with Crippen LogP contribution in [0, 0.1) is 5.92 Å². The van der Waals surface area contributed by atoms with Crippen LogP contribution >= 0.6 is 0 Å². The van der Waals surface area contributed by atoms with E-state index in [9.17, 15) is 14.4 Å². The van der Waals surface area contributed by atoms with Crippen LogP contribution in [0.2, 0.25) is 0 Å². The second-order valence-electron chi connectivity index (χ2n) is 5.98. The molecule has 1 fully saturated rings. The van der Waals surface area contributed by atoms with Crippen molar-refractivity contribution < 1.29 is 14.4 Å². The first kappa shape index (κ1) is 17.7. The lowest BCUT2D eigenvalue weighted by Crippen LogP contribution is -2.50. The summed E-state index contributed by atoms with van der Waals surface area (Å²) < 4.78 is 0. The molecule has 6 heteroatoms. The molecule has 3 amide bonds. The molecule has 0 radical (unpaired) electrons. The number of carbonyl (C=O) groups excluding carboxylic acids is 3. The quantitative estimate of drug-likeness (QED) is 0.787. The minimum Gasteiger partial charge on any atom is -0.369 e. The number of likely N-dealkylation sites (tertiary alicyclic amines) is 1. The van der Waals surface area contributed by atoms with Crippen LogP contribution < -0.4 is 11.1 Å². The maximum Gasteiger partial charge on any atom is 0.244 e. The van der Waals surface area contributed by atoms with Gasteiger partial charge in [0.15, 0.2) is 0 Å². The third-order valence-electron chi connectivity index (χ3n) is 4.16. The van der Waals surface area contributed by atoms with Gasteiger partial charge in [0.25, 0.3) is 0 Å². The Bertz CT molecular complexity index is 620. The van der Waals surface area contributed by atoms with Crippen molar-refractivity contribution in [2.45, 2.75) is 25.8 Å². The van der Waals surface area contributed by atoms with Gasteiger partial charge in [0, 0.05) is 25.1 Å². The van der Waals surface area contributed by atoms with Crippen LogP contribution in [0.25, 0.3) is 6.08 Å². The summed E-state index contributed by atoms with van der Waals surface area (Å²) in [5, 5.41) is 2.67. The van der Waals surface area contributed by atoms with Gasteiger partial charge in [-0.1, -0.05) is 30.3 Å². The fourth-order valence-electron chi connectivity index (χ4n) is 2.72. The number of hydrogen-bond donors (Lipinski definition) is 2. The van der Waals surface area contributed by atoms with Crippen LogP contribution in [-0.4, -0.2) is 41.8 Å². The summed E-state index contributed by atoms with van der Waals surface area (Å²) in [7, 11) is 0. The molecule has 0 bridgehead atoms. The molecule has 1 heterocycles. The minimum atomic E-state index is -0.608. The first-order valence-corrected chi connectivity index (χ1v) is 8.09. The van der Waals surface area contributed by atoms with Crippen molar-refractivity contribution in [1.29, 1.82) is 0 Å². The van der Waals surface area contributed by atoms with Gasteiger partial charge in [0.05, 0.1) is 0 Å². The van der Waals surface area contributed by atoms with E-state index in [0.29, 0.717) is 25.9 Å². The number of piperidine rings is 1. The Morgan fingerprint density at radius 1 is 1.21 bits per heavy atom. The second-order valence-corrected chi connectivity index (χ2v) is 5.98. The van der Waals surface area contributed by atoms with Crippen LogP contribution in [0.5, 0.6) is 0 Å². The van der Waals surface area contributed by atoms with E-state index in [2.05, 4.69) is 5.32 Å². The van der Waals surface area contributed by atoms with E-state index < -0.39 is 6.04 Å². The number of nitrogens with two attached hydrogens (primary N) is 1. The minimum absolute atomic E-state index is 0.139. The van der Waals surface area contributed by atoms with Gasteiger partial charge in [-0.25, -0.2) is 0 Å². The zero-order valence-corrected chi connectivity index (χ0v) is 13.8. The van der Waals surface area contributed by atoms with E-state index >= 15 is 0 Å². The molecule has 3 N–H and O–H groups in total. The van der Waals surface area contributed by atoms with Gasteiger partial charge in [-0.05, 0) is 31.4 Å². The summed E-state index contributed by atoms with van der Waals surface area (Å²) >= 11 is 0. The van der Waals surface area contributed by atoms with Crippen molar-refractivity contribution in [1.82, 2.24) is 10.2 Å².